The van der Waals surface area contributed by atoms with Gasteiger partial charge >= 0.3 is 0 Å². The minimum absolute atomic E-state index is 0.169. The van der Waals surface area contributed by atoms with Crippen LogP contribution in [0.5, 0.6) is 0 Å². The molecule has 2 aromatic rings. The summed E-state index contributed by atoms with van der Waals surface area (Å²) in [7, 11) is 0. The summed E-state index contributed by atoms with van der Waals surface area (Å²) in [6.07, 6.45) is 0. The Balaban J connectivity index is 1.84. The molecular formula is C15H12BrFN2O. The van der Waals surface area contributed by atoms with E-state index in [0.717, 1.165) is 18.7 Å². The van der Waals surface area contributed by atoms with Crippen LogP contribution in [0.1, 0.15) is 21.5 Å². The molecule has 0 aromatic heterocycles. The second-order valence-corrected chi connectivity index (χ2v) is 5.58. The average Bonchev–Trinajstić information content (AvgIpc) is 2.90. The first kappa shape index (κ1) is 13.3. The van der Waals surface area contributed by atoms with E-state index in [1.807, 2.05) is 12.1 Å². The van der Waals surface area contributed by atoms with Gasteiger partial charge in [0.1, 0.15) is 5.82 Å². The molecule has 0 saturated carbocycles. The molecule has 0 fully saturated rings. The number of carbonyl (C=O) groups excluding carboxylic acids is 1. The maximum atomic E-state index is 13.6. The standard InChI is InChI=1S/C15H12BrFN2O/c16-12-3-4-13(17)14(6-12)19-15(20)9-1-2-10-7-18-8-11(10)5-9/h1-6,18H,7-8H2,(H,19,20). The Hall–Kier alpha value is -1.72. The van der Waals surface area contributed by atoms with E-state index in [0.29, 0.717) is 10.0 Å². The molecule has 3 rings (SSSR count). The number of anilines is 1. The van der Waals surface area contributed by atoms with Gasteiger partial charge in [-0.15, -0.1) is 0 Å². The lowest BCUT2D eigenvalue weighted by Gasteiger charge is -2.08. The van der Waals surface area contributed by atoms with Crippen molar-refractivity contribution in [3.05, 3.63) is 63.4 Å². The number of nitrogens with one attached hydrogen (secondary N) is 2. The molecule has 1 amide bonds. The zero-order chi connectivity index (χ0) is 14.1. The van der Waals surface area contributed by atoms with Gasteiger partial charge in [-0.2, -0.15) is 0 Å². The van der Waals surface area contributed by atoms with Crippen LogP contribution in [-0.4, -0.2) is 5.91 Å². The van der Waals surface area contributed by atoms with E-state index < -0.39 is 5.82 Å². The fourth-order valence-electron chi connectivity index (χ4n) is 2.22. The summed E-state index contributed by atoms with van der Waals surface area (Å²) in [4.78, 5) is 12.2. The molecule has 2 N–H and O–H groups in total. The number of hydrogen-bond donors (Lipinski definition) is 2. The third kappa shape index (κ3) is 2.59. The number of halogens is 2. The van der Waals surface area contributed by atoms with Crippen LogP contribution in [0.2, 0.25) is 0 Å². The molecule has 0 spiro atoms. The van der Waals surface area contributed by atoms with Crippen LogP contribution in [0.4, 0.5) is 10.1 Å². The topological polar surface area (TPSA) is 41.1 Å². The summed E-state index contributed by atoms with van der Waals surface area (Å²) in [6.45, 7) is 1.60. The molecule has 1 heterocycles. The van der Waals surface area contributed by atoms with Crippen LogP contribution in [0.15, 0.2) is 40.9 Å². The molecule has 102 valence electrons. The van der Waals surface area contributed by atoms with Crippen LogP contribution in [0.25, 0.3) is 0 Å². The summed E-state index contributed by atoms with van der Waals surface area (Å²) in [5.41, 5.74) is 3.03. The molecule has 0 radical (unpaired) electrons. The van der Waals surface area contributed by atoms with E-state index in [9.17, 15) is 9.18 Å². The van der Waals surface area contributed by atoms with Crippen LogP contribution in [0.3, 0.4) is 0 Å². The fourth-order valence-corrected chi connectivity index (χ4v) is 2.58. The van der Waals surface area contributed by atoms with Gasteiger partial charge < -0.3 is 10.6 Å². The molecule has 0 unspecified atom stereocenters. The number of rotatable bonds is 2. The van der Waals surface area contributed by atoms with Gasteiger partial charge in [0, 0.05) is 23.1 Å². The Morgan fingerprint density at radius 3 is 2.80 bits per heavy atom. The highest BCUT2D eigenvalue weighted by Gasteiger charge is 2.14. The minimum Gasteiger partial charge on any atom is -0.319 e. The normalized spacial score (nSPS) is 13.1. The zero-order valence-electron chi connectivity index (χ0n) is 10.5. The predicted octanol–water partition coefficient (Wildman–Crippen LogP) is 3.44. The number of amides is 1. The zero-order valence-corrected chi connectivity index (χ0v) is 12.1. The molecule has 0 atom stereocenters. The fraction of sp³-hybridized carbons (Fsp3) is 0.133. The molecule has 2 aromatic carbocycles. The summed E-state index contributed by atoms with van der Waals surface area (Å²) in [6, 6.07) is 9.99. The van der Waals surface area contributed by atoms with Gasteiger partial charge in [-0.1, -0.05) is 22.0 Å². The summed E-state index contributed by atoms with van der Waals surface area (Å²) in [5.74, 6) is -0.763. The average molecular weight is 335 g/mol. The maximum absolute atomic E-state index is 13.6. The van der Waals surface area contributed by atoms with E-state index in [2.05, 4.69) is 26.6 Å². The highest BCUT2D eigenvalue weighted by Crippen LogP contribution is 2.22. The van der Waals surface area contributed by atoms with Crippen molar-refractivity contribution in [2.45, 2.75) is 13.1 Å². The molecule has 0 saturated heterocycles. The monoisotopic (exact) mass is 334 g/mol. The largest absolute Gasteiger partial charge is 0.319 e. The SMILES string of the molecule is O=C(Nc1cc(Br)ccc1F)c1ccc2c(c1)CNC2. The molecule has 20 heavy (non-hydrogen) atoms. The van der Waals surface area contributed by atoms with Gasteiger partial charge in [0.15, 0.2) is 0 Å². The van der Waals surface area contributed by atoms with Crippen molar-refractivity contribution in [3.63, 3.8) is 0 Å². The van der Waals surface area contributed by atoms with Gasteiger partial charge in [-0.05, 0) is 41.5 Å². The summed E-state index contributed by atoms with van der Waals surface area (Å²) < 4.78 is 14.3. The quantitative estimate of drug-likeness (QED) is 0.883. The summed E-state index contributed by atoms with van der Waals surface area (Å²) in [5, 5.41) is 5.82. The molecule has 1 aliphatic heterocycles. The van der Waals surface area contributed by atoms with Crippen molar-refractivity contribution in [2.75, 3.05) is 5.32 Å². The highest BCUT2D eigenvalue weighted by molar-refractivity contribution is 9.10. The highest BCUT2D eigenvalue weighted by atomic mass is 79.9. The van der Waals surface area contributed by atoms with Crippen molar-refractivity contribution in [1.82, 2.24) is 5.32 Å². The predicted molar refractivity (Wildman–Crippen MR) is 79.0 cm³/mol. The Morgan fingerprint density at radius 2 is 1.95 bits per heavy atom. The van der Waals surface area contributed by atoms with Gasteiger partial charge in [0.2, 0.25) is 0 Å². The van der Waals surface area contributed by atoms with Crippen molar-refractivity contribution in [1.29, 1.82) is 0 Å². The van der Waals surface area contributed by atoms with Gasteiger partial charge in [-0.25, -0.2) is 4.39 Å². The van der Waals surface area contributed by atoms with E-state index in [1.54, 1.807) is 18.2 Å². The Labute approximate surface area is 124 Å². The van der Waals surface area contributed by atoms with Crippen molar-refractivity contribution < 1.29 is 9.18 Å². The summed E-state index contributed by atoms with van der Waals surface area (Å²) >= 11 is 3.26. The molecule has 0 aliphatic carbocycles. The first-order valence-corrected chi connectivity index (χ1v) is 7.02. The molecule has 1 aliphatic rings. The van der Waals surface area contributed by atoms with Crippen molar-refractivity contribution >= 4 is 27.5 Å². The third-order valence-corrected chi connectivity index (χ3v) is 3.77. The van der Waals surface area contributed by atoms with Crippen LogP contribution in [0, 0.1) is 5.82 Å². The Morgan fingerprint density at radius 1 is 1.15 bits per heavy atom. The number of carbonyl (C=O) groups is 1. The molecule has 0 bridgehead atoms. The lowest BCUT2D eigenvalue weighted by atomic mass is 10.1. The second-order valence-electron chi connectivity index (χ2n) is 4.67. The first-order valence-electron chi connectivity index (χ1n) is 6.22. The van der Waals surface area contributed by atoms with E-state index in [1.165, 1.54) is 11.6 Å². The lowest BCUT2D eigenvalue weighted by Crippen LogP contribution is -2.13. The maximum Gasteiger partial charge on any atom is 0.255 e. The van der Waals surface area contributed by atoms with Crippen molar-refractivity contribution in [3.8, 4) is 0 Å². The number of fused-ring (bicyclic) bond motifs is 1. The van der Waals surface area contributed by atoms with E-state index >= 15 is 0 Å². The number of benzene rings is 2. The molecule has 3 nitrogen and oxygen atoms in total. The van der Waals surface area contributed by atoms with E-state index in [4.69, 9.17) is 0 Å². The number of hydrogen-bond acceptors (Lipinski definition) is 2. The van der Waals surface area contributed by atoms with Gasteiger partial charge in [0.05, 0.1) is 5.69 Å². The third-order valence-electron chi connectivity index (χ3n) is 3.28. The first-order chi connectivity index (χ1) is 9.63. The Kier molecular flexibility index (Phi) is 3.54. The van der Waals surface area contributed by atoms with Gasteiger partial charge in [0.25, 0.3) is 5.91 Å². The lowest BCUT2D eigenvalue weighted by molar-refractivity contribution is 0.102. The van der Waals surface area contributed by atoms with Crippen LogP contribution < -0.4 is 10.6 Å². The van der Waals surface area contributed by atoms with Crippen LogP contribution >= 0.6 is 15.9 Å². The molecular weight excluding hydrogens is 323 g/mol. The second kappa shape index (κ2) is 5.34. The smallest absolute Gasteiger partial charge is 0.255 e. The van der Waals surface area contributed by atoms with Gasteiger partial charge in [-0.3, -0.25) is 4.79 Å². The molecule has 5 heteroatoms. The van der Waals surface area contributed by atoms with E-state index in [-0.39, 0.29) is 11.6 Å². The van der Waals surface area contributed by atoms with Crippen molar-refractivity contribution in [2.24, 2.45) is 0 Å². The van der Waals surface area contributed by atoms with Crippen LogP contribution in [-0.2, 0) is 13.1 Å². The minimum atomic E-state index is -0.454. The Bertz CT molecular complexity index is 688.